The largest absolute Gasteiger partial charge is 0.348 e. The van der Waals surface area contributed by atoms with E-state index in [4.69, 9.17) is 0 Å². The zero-order chi connectivity index (χ0) is 8.55. The van der Waals surface area contributed by atoms with Crippen LogP contribution < -0.4 is 0 Å². The Labute approximate surface area is 72.6 Å². The smallest absolute Gasteiger partial charge is 0.0479 e. The molecule has 1 aromatic heterocycles. The third-order valence-electron chi connectivity index (χ3n) is 2.41. The molecule has 12 heavy (non-hydrogen) atoms. The summed E-state index contributed by atoms with van der Waals surface area (Å²) in [5, 5.41) is 1.34. The molecular weight excluding hydrogens is 146 g/mol. The summed E-state index contributed by atoms with van der Waals surface area (Å²) in [6.07, 6.45) is 1.10. The van der Waals surface area contributed by atoms with E-state index in [9.17, 15) is 0 Å². The fourth-order valence-corrected chi connectivity index (χ4v) is 1.69. The molecule has 0 amide bonds. The molecule has 62 valence electrons. The minimum atomic E-state index is 1.10. The van der Waals surface area contributed by atoms with Gasteiger partial charge in [0.25, 0.3) is 0 Å². The predicted octanol–water partition coefficient (Wildman–Crippen LogP) is 2.74. The summed E-state index contributed by atoms with van der Waals surface area (Å²) in [5.41, 5.74) is 2.73. The number of rotatable bonds is 1. The Hall–Kier alpha value is -1.24. The average molecular weight is 159 g/mol. The fourth-order valence-electron chi connectivity index (χ4n) is 1.69. The van der Waals surface area contributed by atoms with E-state index in [1.54, 1.807) is 0 Å². The molecule has 0 aliphatic carbocycles. The van der Waals surface area contributed by atoms with Crippen molar-refractivity contribution in [3.8, 4) is 0 Å². The first-order valence-corrected chi connectivity index (χ1v) is 4.36. The first-order valence-electron chi connectivity index (χ1n) is 4.36. The first kappa shape index (κ1) is 7.41. The number of hydrogen-bond acceptors (Lipinski definition) is 0. The van der Waals surface area contributed by atoms with Crippen LogP contribution in [-0.4, -0.2) is 4.57 Å². The third-order valence-corrected chi connectivity index (χ3v) is 2.41. The summed E-state index contributed by atoms with van der Waals surface area (Å²) < 4.78 is 2.26. The van der Waals surface area contributed by atoms with Crippen LogP contribution in [0.1, 0.15) is 12.6 Å². The van der Waals surface area contributed by atoms with Crippen LogP contribution in [0.5, 0.6) is 0 Å². The Kier molecular flexibility index (Phi) is 1.65. The maximum absolute atomic E-state index is 2.26. The SMILES string of the molecule is CCc1cc2ccccc2n1C. The normalized spacial score (nSPS) is 10.8. The van der Waals surface area contributed by atoms with Gasteiger partial charge >= 0.3 is 0 Å². The maximum Gasteiger partial charge on any atom is 0.0479 e. The highest BCUT2D eigenvalue weighted by Crippen LogP contribution is 2.18. The molecule has 0 radical (unpaired) electrons. The molecule has 1 heterocycles. The van der Waals surface area contributed by atoms with Gasteiger partial charge in [-0.05, 0) is 23.9 Å². The van der Waals surface area contributed by atoms with Crippen molar-refractivity contribution in [3.63, 3.8) is 0 Å². The van der Waals surface area contributed by atoms with Gasteiger partial charge in [-0.15, -0.1) is 0 Å². The van der Waals surface area contributed by atoms with E-state index in [2.05, 4.69) is 48.9 Å². The number of nitrogens with zero attached hydrogens (tertiary/aromatic N) is 1. The third kappa shape index (κ3) is 0.934. The summed E-state index contributed by atoms with van der Waals surface area (Å²) in [4.78, 5) is 0. The zero-order valence-electron chi connectivity index (χ0n) is 7.54. The maximum atomic E-state index is 2.26. The highest BCUT2D eigenvalue weighted by atomic mass is 14.9. The Morgan fingerprint density at radius 3 is 2.67 bits per heavy atom. The standard InChI is InChI=1S/C11H13N/c1-3-10-8-9-6-4-5-7-11(9)12(10)2/h4-8H,3H2,1-2H3. The Morgan fingerprint density at radius 1 is 1.25 bits per heavy atom. The van der Waals surface area contributed by atoms with Gasteiger partial charge in [-0.25, -0.2) is 0 Å². The van der Waals surface area contributed by atoms with Crippen molar-refractivity contribution in [1.29, 1.82) is 0 Å². The lowest BCUT2D eigenvalue weighted by atomic mass is 10.2. The van der Waals surface area contributed by atoms with Crippen molar-refractivity contribution >= 4 is 10.9 Å². The second-order valence-electron chi connectivity index (χ2n) is 3.11. The molecule has 2 rings (SSSR count). The van der Waals surface area contributed by atoms with Crippen molar-refractivity contribution in [1.82, 2.24) is 4.57 Å². The zero-order valence-corrected chi connectivity index (χ0v) is 7.54. The van der Waals surface area contributed by atoms with Gasteiger partial charge in [-0.3, -0.25) is 0 Å². The topological polar surface area (TPSA) is 4.93 Å². The Bertz CT molecular complexity index is 398. The van der Waals surface area contributed by atoms with Gasteiger partial charge < -0.3 is 4.57 Å². The molecular formula is C11H13N. The number of para-hydroxylation sites is 1. The molecule has 1 nitrogen and oxygen atoms in total. The van der Waals surface area contributed by atoms with E-state index in [0.717, 1.165) is 6.42 Å². The van der Waals surface area contributed by atoms with E-state index in [-0.39, 0.29) is 0 Å². The van der Waals surface area contributed by atoms with Gasteiger partial charge in [0.2, 0.25) is 0 Å². The van der Waals surface area contributed by atoms with Crippen LogP contribution in [0, 0.1) is 0 Å². The van der Waals surface area contributed by atoms with Crippen molar-refractivity contribution in [3.05, 3.63) is 36.0 Å². The monoisotopic (exact) mass is 159 g/mol. The highest BCUT2D eigenvalue weighted by Gasteiger charge is 2.01. The van der Waals surface area contributed by atoms with Gasteiger partial charge in [0, 0.05) is 18.3 Å². The van der Waals surface area contributed by atoms with Crippen LogP contribution in [0.4, 0.5) is 0 Å². The van der Waals surface area contributed by atoms with E-state index < -0.39 is 0 Å². The lowest BCUT2D eigenvalue weighted by molar-refractivity contribution is 0.866. The molecule has 0 spiro atoms. The quantitative estimate of drug-likeness (QED) is 0.603. The van der Waals surface area contributed by atoms with Crippen LogP contribution in [0.15, 0.2) is 30.3 Å². The second-order valence-corrected chi connectivity index (χ2v) is 3.11. The van der Waals surface area contributed by atoms with E-state index >= 15 is 0 Å². The number of aryl methyl sites for hydroxylation is 2. The Morgan fingerprint density at radius 2 is 2.00 bits per heavy atom. The lowest BCUT2D eigenvalue weighted by Crippen LogP contribution is -1.92. The fraction of sp³-hybridized carbons (Fsp3) is 0.273. The van der Waals surface area contributed by atoms with Crippen LogP contribution in [0.25, 0.3) is 10.9 Å². The molecule has 0 saturated heterocycles. The van der Waals surface area contributed by atoms with Gasteiger partial charge in [-0.2, -0.15) is 0 Å². The van der Waals surface area contributed by atoms with E-state index in [1.807, 2.05) is 0 Å². The Balaban J connectivity index is 2.78. The van der Waals surface area contributed by atoms with Crippen LogP contribution in [-0.2, 0) is 13.5 Å². The molecule has 0 saturated carbocycles. The van der Waals surface area contributed by atoms with E-state index in [0.29, 0.717) is 0 Å². The summed E-state index contributed by atoms with van der Waals surface area (Å²) in [5.74, 6) is 0. The molecule has 1 heteroatoms. The van der Waals surface area contributed by atoms with Gasteiger partial charge in [0.1, 0.15) is 0 Å². The average Bonchev–Trinajstić information content (AvgIpc) is 2.44. The van der Waals surface area contributed by atoms with Gasteiger partial charge in [0.05, 0.1) is 0 Å². The molecule has 1 aromatic carbocycles. The number of aromatic nitrogens is 1. The summed E-state index contributed by atoms with van der Waals surface area (Å²) >= 11 is 0. The summed E-state index contributed by atoms with van der Waals surface area (Å²) in [7, 11) is 2.13. The predicted molar refractivity (Wildman–Crippen MR) is 52.3 cm³/mol. The molecule has 0 bridgehead atoms. The number of hydrogen-bond donors (Lipinski definition) is 0. The molecule has 0 unspecified atom stereocenters. The molecule has 0 aliphatic rings. The number of fused-ring (bicyclic) bond motifs is 1. The van der Waals surface area contributed by atoms with Gasteiger partial charge in [-0.1, -0.05) is 25.1 Å². The second kappa shape index (κ2) is 2.67. The van der Waals surface area contributed by atoms with Gasteiger partial charge in [0.15, 0.2) is 0 Å². The first-order chi connectivity index (χ1) is 5.83. The van der Waals surface area contributed by atoms with E-state index in [1.165, 1.54) is 16.6 Å². The number of benzene rings is 1. The van der Waals surface area contributed by atoms with Crippen LogP contribution >= 0.6 is 0 Å². The molecule has 2 aromatic rings. The summed E-state index contributed by atoms with van der Waals surface area (Å²) in [6, 6.07) is 10.8. The van der Waals surface area contributed by atoms with Crippen molar-refractivity contribution in [2.75, 3.05) is 0 Å². The van der Waals surface area contributed by atoms with Crippen LogP contribution in [0.2, 0.25) is 0 Å². The molecule has 0 fully saturated rings. The molecule has 0 N–H and O–H groups in total. The molecule has 0 atom stereocenters. The minimum absolute atomic E-state index is 1.10. The van der Waals surface area contributed by atoms with Crippen molar-refractivity contribution in [2.45, 2.75) is 13.3 Å². The highest BCUT2D eigenvalue weighted by molar-refractivity contribution is 5.81. The van der Waals surface area contributed by atoms with Crippen LogP contribution in [0.3, 0.4) is 0 Å². The minimum Gasteiger partial charge on any atom is -0.348 e. The van der Waals surface area contributed by atoms with Crippen molar-refractivity contribution in [2.24, 2.45) is 7.05 Å². The summed E-state index contributed by atoms with van der Waals surface area (Å²) in [6.45, 7) is 2.19. The molecule has 0 aliphatic heterocycles. The van der Waals surface area contributed by atoms with Crippen molar-refractivity contribution < 1.29 is 0 Å². The lowest BCUT2D eigenvalue weighted by Gasteiger charge is -1.99.